The molecule has 1 fully saturated rings. The Morgan fingerprint density at radius 3 is 3.04 bits per heavy atom. The number of nitrogens with one attached hydrogen (secondary N) is 1. The van der Waals surface area contributed by atoms with Crippen molar-refractivity contribution in [3.63, 3.8) is 0 Å². The summed E-state index contributed by atoms with van der Waals surface area (Å²) in [7, 11) is 0. The fraction of sp³-hybridized carbons (Fsp3) is 0.375. The number of nitrogens with zero attached hydrogens (tertiary/aromatic N) is 6. The summed E-state index contributed by atoms with van der Waals surface area (Å²) in [5.41, 5.74) is 2.22. The Hall–Kier alpha value is -2.54. The quantitative estimate of drug-likeness (QED) is 0.795. The molecule has 1 atom stereocenters. The maximum absolute atomic E-state index is 4.78. The largest absolute Gasteiger partial charge is 0.297 e. The van der Waals surface area contributed by atoms with E-state index in [0.717, 1.165) is 43.3 Å². The predicted octanol–water partition coefficient (Wildman–Crippen LogP) is 1.76. The molecule has 0 unspecified atom stereocenters. The molecule has 7 heteroatoms. The molecule has 4 heterocycles. The van der Waals surface area contributed by atoms with Crippen LogP contribution in [0.5, 0.6) is 0 Å². The van der Waals surface area contributed by atoms with E-state index in [0.29, 0.717) is 5.92 Å². The highest BCUT2D eigenvalue weighted by Crippen LogP contribution is 2.26. The van der Waals surface area contributed by atoms with E-state index in [2.05, 4.69) is 25.1 Å². The zero-order valence-electron chi connectivity index (χ0n) is 12.8. The summed E-state index contributed by atoms with van der Waals surface area (Å²) < 4.78 is 1.89. The summed E-state index contributed by atoms with van der Waals surface area (Å²) in [5, 5.41) is 7.06. The number of likely N-dealkylation sites (tertiary alicyclic amines) is 1. The number of rotatable bonds is 4. The van der Waals surface area contributed by atoms with Crippen molar-refractivity contribution in [3.05, 3.63) is 54.8 Å². The molecule has 118 valence electrons. The first-order chi connectivity index (χ1) is 11.4. The second-order valence-electron chi connectivity index (χ2n) is 5.93. The molecule has 0 aromatic carbocycles. The molecular weight excluding hydrogens is 290 g/mol. The van der Waals surface area contributed by atoms with E-state index in [1.807, 2.05) is 23.0 Å². The molecule has 0 amide bonds. The minimum absolute atomic E-state index is 0.419. The minimum Gasteiger partial charge on any atom is -0.297 e. The number of aromatic nitrogens is 6. The van der Waals surface area contributed by atoms with E-state index in [9.17, 15) is 0 Å². The summed E-state index contributed by atoms with van der Waals surface area (Å²) in [4.78, 5) is 15.7. The van der Waals surface area contributed by atoms with Crippen molar-refractivity contribution in [2.24, 2.45) is 0 Å². The van der Waals surface area contributed by atoms with Crippen LogP contribution in [-0.4, -0.2) is 47.7 Å². The van der Waals surface area contributed by atoms with Crippen molar-refractivity contribution in [3.8, 4) is 5.82 Å². The van der Waals surface area contributed by atoms with Crippen molar-refractivity contribution in [2.75, 3.05) is 13.1 Å². The molecule has 0 radical (unpaired) electrons. The molecule has 1 saturated heterocycles. The summed E-state index contributed by atoms with van der Waals surface area (Å²) in [6, 6.07) is 2.03. The number of piperidine rings is 1. The summed E-state index contributed by atoms with van der Waals surface area (Å²) in [5.74, 6) is 1.24. The molecular formula is C16H19N7. The molecule has 0 saturated carbocycles. The monoisotopic (exact) mass is 309 g/mol. The number of H-pyrrole nitrogens is 1. The van der Waals surface area contributed by atoms with Crippen LogP contribution in [0.25, 0.3) is 5.82 Å². The van der Waals surface area contributed by atoms with Gasteiger partial charge in [-0.1, -0.05) is 0 Å². The summed E-state index contributed by atoms with van der Waals surface area (Å²) in [6.45, 7) is 3.02. The van der Waals surface area contributed by atoms with Gasteiger partial charge in [0.1, 0.15) is 6.33 Å². The van der Waals surface area contributed by atoms with Crippen LogP contribution in [0.2, 0.25) is 0 Å². The van der Waals surface area contributed by atoms with Gasteiger partial charge in [0.25, 0.3) is 0 Å². The molecule has 1 aliphatic rings. The average molecular weight is 309 g/mol. The van der Waals surface area contributed by atoms with Crippen LogP contribution in [0.15, 0.2) is 43.4 Å². The molecule has 0 spiro atoms. The Bertz CT molecular complexity index is 736. The smallest absolute Gasteiger partial charge is 0.156 e. The van der Waals surface area contributed by atoms with Crippen molar-refractivity contribution in [2.45, 2.75) is 25.3 Å². The van der Waals surface area contributed by atoms with Gasteiger partial charge >= 0.3 is 0 Å². The van der Waals surface area contributed by atoms with Gasteiger partial charge in [0.2, 0.25) is 0 Å². The number of aromatic amines is 1. The van der Waals surface area contributed by atoms with Gasteiger partial charge in [-0.2, -0.15) is 5.10 Å². The molecule has 3 aromatic rings. The normalized spacial score (nSPS) is 19.0. The molecule has 3 aromatic heterocycles. The van der Waals surface area contributed by atoms with Gasteiger partial charge in [0.15, 0.2) is 5.82 Å². The summed E-state index contributed by atoms with van der Waals surface area (Å²) in [6.07, 6.45) is 13.2. The van der Waals surface area contributed by atoms with Crippen molar-refractivity contribution >= 4 is 0 Å². The Labute approximate surface area is 134 Å². The highest BCUT2D eigenvalue weighted by atomic mass is 15.2. The standard InChI is InChI=1S/C16H19N7/c1-2-13(10-22(6-1)11-14-3-4-19-21-14)15-8-18-9-16(20-15)23-7-5-17-12-23/h3-5,7-9,12-13H,1-2,6,10-11H2,(H,19,21)/t13-/m0/s1. The van der Waals surface area contributed by atoms with Gasteiger partial charge in [-0.15, -0.1) is 0 Å². The Morgan fingerprint density at radius 1 is 1.22 bits per heavy atom. The van der Waals surface area contributed by atoms with Crippen LogP contribution in [0.1, 0.15) is 30.1 Å². The lowest BCUT2D eigenvalue weighted by atomic mass is 9.95. The predicted molar refractivity (Wildman–Crippen MR) is 85.0 cm³/mol. The second kappa shape index (κ2) is 6.29. The van der Waals surface area contributed by atoms with E-state index in [1.54, 1.807) is 24.9 Å². The Morgan fingerprint density at radius 2 is 2.22 bits per heavy atom. The SMILES string of the molecule is c1cn(-c2cncc([C@H]3CCCN(Cc4ccn[nH]4)C3)n2)cn1. The maximum atomic E-state index is 4.78. The zero-order chi connectivity index (χ0) is 15.5. The van der Waals surface area contributed by atoms with Crippen LogP contribution in [0, 0.1) is 0 Å². The first kappa shape index (κ1) is 14.1. The van der Waals surface area contributed by atoms with Gasteiger partial charge in [0, 0.05) is 49.5 Å². The van der Waals surface area contributed by atoms with E-state index in [1.165, 1.54) is 6.42 Å². The van der Waals surface area contributed by atoms with Crippen LogP contribution < -0.4 is 0 Å². The third-order valence-electron chi connectivity index (χ3n) is 4.29. The first-order valence-corrected chi connectivity index (χ1v) is 7.89. The van der Waals surface area contributed by atoms with E-state index < -0.39 is 0 Å². The van der Waals surface area contributed by atoms with Gasteiger partial charge in [-0.05, 0) is 25.5 Å². The van der Waals surface area contributed by atoms with Gasteiger partial charge in [-0.25, -0.2) is 9.97 Å². The Kier molecular flexibility index (Phi) is 3.85. The number of hydrogen-bond acceptors (Lipinski definition) is 5. The first-order valence-electron chi connectivity index (χ1n) is 7.89. The van der Waals surface area contributed by atoms with Crippen molar-refractivity contribution in [1.82, 2.24) is 34.6 Å². The number of imidazole rings is 1. The lowest BCUT2D eigenvalue weighted by molar-refractivity contribution is 0.196. The highest BCUT2D eigenvalue weighted by Gasteiger charge is 2.23. The summed E-state index contributed by atoms with van der Waals surface area (Å²) >= 11 is 0. The van der Waals surface area contributed by atoms with Crippen LogP contribution in [0.3, 0.4) is 0 Å². The highest BCUT2D eigenvalue weighted by molar-refractivity contribution is 5.21. The third kappa shape index (κ3) is 3.14. The third-order valence-corrected chi connectivity index (χ3v) is 4.29. The maximum Gasteiger partial charge on any atom is 0.156 e. The average Bonchev–Trinajstić information content (AvgIpc) is 3.29. The Balaban J connectivity index is 1.50. The van der Waals surface area contributed by atoms with E-state index in [4.69, 9.17) is 4.98 Å². The van der Waals surface area contributed by atoms with Gasteiger partial charge < -0.3 is 0 Å². The van der Waals surface area contributed by atoms with Crippen LogP contribution in [-0.2, 0) is 6.54 Å². The topological polar surface area (TPSA) is 75.5 Å². The molecule has 4 rings (SSSR count). The van der Waals surface area contributed by atoms with Gasteiger partial charge in [0.05, 0.1) is 11.9 Å². The fourth-order valence-electron chi connectivity index (χ4n) is 3.14. The molecule has 1 aliphatic heterocycles. The lowest BCUT2D eigenvalue weighted by Crippen LogP contribution is -2.34. The molecule has 23 heavy (non-hydrogen) atoms. The van der Waals surface area contributed by atoms with Crippen molar-refractivity contribution in [1.29, 1.82) is 0 Å². The van der Waals surface area contributed by atoms with Crippen molar-refractivity contribution < 1.29 is 0 Å². The minimum atomic E-state index is 0.419. The zero-order valence-corrected chi connectivity index (χ0v) is 12.8. The van der Waals surface area contributed by atoms with E-state index >= 15 is 0 Å². The molecule has 0 bridgehead atoms. The second-order valence-corrected chi connectivity index (χ2v) is 5.93. The molecule has 7 nitrogen and oxygen atoms in total. The van der Waals surface area contributed by atoms with Crippen LogP contribution in [0.4, 0.5) is 0 Å². The van der Waals surface area contributed by atoms with Crippen LogP contribution >= 0.6 is 0 Å². The fourth-order valence-corrected chi connectivity index (χ4v) is 3.14. The number of hydrogen-bond donors (Lipinski definition) is 1. The lowest BCUT2D eigenvalue weighted by Gasteiger charge is -2.32. The molecule has 0 aliphatic carbocycles. The van der Waals surface area contributed by atoms with Gasteiger partial charge in [-0.3, -0.25) is 19.5 Å². The van der Waals surface area contributed by atoms with E-state index in [-0.39, 0.29) is 0 Å². The molecule has 1 N–H and O–H groups in total.